The van der Waals surface area contributed by atoms with E-state index >= 15 is 4.39 Å². The molecule has 3 N–H and O–H groups in total. The molecule has 12 nitrogen and oxygen atoms in total. The maximum Gasteiger partial charge on any atom is 0.323 e. The van der Waals surface area contributed by atoms with Crippen LogP contribution in [0.15, 0.2) is 67.1 Å². The second-order valence-corrected chi connectivity index (χ2v) is 10.00. The number of rotatable bonds is 6. The highest BCUT2D eigenvalue weighted by atomic mass is 19.1. The van der Waals surface area contributed by atoms with Crippen LogP contribution in [0.25, 0.3) is 33.5 Å². The highest BCUT2D eigenvalue weighted by Gasteiger charge is 2.20. The topological polar surface area (TPSA) is 139 Å². The van der Waals surface area contributed by atoms with Gasteiger partial charge in [0, 0.05) is 67.5 Å². The van der Waals surface area contributed by atoms with Crippen LogP contribution in [-0.2, 0) is 16.6 Å². The molecule has 0 atom stereocenters. The maximum absolute atomic E-state index is 15.3. The zero-order valence-corrected chi connectivity index (χ0v) is 23.5. The van der Waals surface area contributed by atoms with E-state index in [1.807, 2.05) is 19.3 Å². The number of aryl methyl sites for hydroxylation is 1. The fourth-order valence-corrected chi connectivity index (χ4v) is 4.74. The Kier molecular flexibility index (Phi) is 7.62. The van der Waals surface area contributed by atoms with E-state index in [0.717, 1.165) is 11.1 Å². The van der Waals surface area contributed by atoms with Gasteiger partial charge in [-0.05, 0) is 48.5 Å². The van der Waals surface area contributed by atoms with Gasteiger partial charge in [0.2, 0.25) is 5.91 Å². The van der Waals surface area contributed by atoms with E-state index in [1.165, 1.54) is 19.1 Å². The fourth-order valence-electron chi connectivity index (χ4n) is 4.74. The van der Waals surface area contributed by atoms with Crippen molar-refractivity contribution in [3.63, 3.8) is 0 Å². The Labute approximate surface area is 245 Å². The Balaban J connectivity index is 1.27. The number of halogens is 1. The standard InChI is InChI=1S/C30H28FN9O3/c1-18(41)34-22-4-6-23(7-5-22)35-30(42)37-25-8-3-19(13-24(25)31)28-36-26-14-20(21-16-33-39(2)17-21)15-32-27(26)29(38-28)40-9-11-43-12-10-40/h3-8,13-17H,9-12H2,1-2H3,(H,34,41)(H2,35,37,42). The number of nitrogens with zero attached hydrogens (tertiary/aromatic N) is 6. The molecular formula is C30H28FN9O3. The molecule has 0 spiro atoms. The van der Waals surface area contributed by atoms with Gasteiger partial charge in [0.05, 0.1) is 30.6 Å². The minimum absolute atomic E-state index is 0.00848. The van der Waals surface area contributed by atoms with Gasteiger partial charge < -0.3 is 25.6 Å². The number of amides is 3. The van der Waals surface area contributed by atoms with Gasteiger partial charge in [-0.25, -0.2) is 19.2 Å². The van der Waals surface area contributed by atoms with Crippen molar-refractivity contribution in [2.45, 2.75) is 6.92 Å². The number of pyridine rings is 1. The Bertz CT molecular complexity index is 1820. The molecule has 13 heteroatoms. The lowest BCUT2D eigenvalue weighted by molar-refractivity contribution is -0.114. The lowest BCUT2D eigenvalue weighted by Gasteiger charge is -2.28. The molecule has 4 heterocycles. The quantitative estimate of drug-likeness (QED) is 0.263. The molecule has 218 valence electrons. The van der Waals surface area contributed by atoms with Gasteiger partial charge in [0.1, 0.15) is 11.3 Å². The van der Waals surface area contributed by atoms with Gasteiger partial charge in [-0.2, -0.15) is 5.10 Å². The average molecular weight is 582 g/mol. The van der Waals surface area contributed by atoms with Gasteiger partial charge in [-0.15, -0.1) is 0 Å². The molecule has 0 bridgehead atoms. The van der Waals surface area contributed by atoms with Crippen molar-refractivity contribution in [1.29, 1.82) is 0 Å². The Morgan fingerprint density at radius 1 is 0.884 bits per heavy atom. The number of fused-ring (bicyclic) bond motifs is 1. The van der Waals surface area contributed by atoms with E-state index in [4.69, 9.17) is 19.7 Å². The van der Waals surface area contributed by atoms with Crippen molar-refractivity contribution in [3.8, 4) is 22.5 Å². The second-order valence-electron chi connectivity index (χ2n) is 10.00. The van der Waals surface area contributed by atoms with Gasteiger partial charge in [0.15, 0.2) is 11.6 Å². The molecule has 0 saturated carbocycles. The Hall–Kier alpha value is -5.43. The number of ether oxygens (including phenoxy) is 1. The van der Waals surface area contributed by atoms with Crippen molar-refractivity contribution in [2.75, 3.05) is 47.2 Å². The number of carbonyl (C=O) groups excluding carboxylic acids is 2. The average Bonchev–Trinajstić information content (AvgIpc) is 3.44. The predicted octanol–water partition coefficient (Wildman–Crippen LogP) is 4.67. The van der Waals surface area contributed by atoms with Crippen LogP contribution >= 0.6 is 0 Å². The molecule has 3 aromatic heterocycles. The maximum atomic E-state index is 15.3. The molecule has 1 saturated heterocycles. The molecule has 0 aliphatic carbocycles. The van der Waals surface area contributed by atoms with Gasteiger partial charge >= 0.3 is 6.03 Å². The van der Waals surface area contributed by atoms with Crippen LogP contribution in [0.3, 0.4) is 0 Å². The summed E-state index contributed by atoms with van der Waals surface area (Å²) in [6, 6.07) is 12.3. The predicted molar refractivity (Wildman–Crippen MR) is 161 cm³/mol. The first-order valence-corrected chi connectivity index (χ1v) is 13.6. The highest BCUT2D eigenvalue weighted by molar-refractivity contribution is 6.00. The number of morpholine rings is 1. The van der Waals surface area contributed by atoms with Crippen LogP contribution in [0, 0.1) is 5.82 Å². The van der Waals surface area contributed by atoms with E-state index in [9.17, 15) is 9.59 Å². The smallest absolute Gasteiger partial charge is 0.323 e. The first-order valence-electron chi connectivity index (χ1n) is 13.6. The summed E-state index contributed by atoms with van der Waals surface area (Å²) in [5, 5.41) is 12.1. The largest absolute Gasteiger partial charge is 0.378 e. The molecule has 0 unspecified atom stereocenters. The molecule has 2 aromatic carbocycles. The molecule has 1 fully saturated rings. The van der Waals surface area contributed by atoms with E-state index in [-0.39, 0.29) is 11.6 Å². The lowest BCUT2D eigenvalue weighted by Crippen LogP contribution is -2.37. The summed E-state index contributed by atoms with van der Waals surface area (Å²) in [7, 11) is 1.85. The number of carbonyl (C=O) groups is 2. The number of nitrogens with one attached hydrogen (secondary N) is 3. The number of hydrogen-bond acceptors (Lipinski definition) is 8. The molecular weight excluding hydrogens is 553 g/mol. The van der Waals surface area contributed by atoms with Gasteiger partial charge in [-0.3, -0.25) is 14.5 Å². The number of benzene rings is 2. The van der Waals surface area contributed by atoms with Crippen molar-refractivity contribution in [3.05, 3.63) is 72.9 Å². The van der Waals surface area contributed by atoms with E-state index in [0.29, 0.717) is 65.9 Å². The third-order valence-electron chi connectivity index (χ3n) is 6.80. The molecule has 0 radical (unpaired) electrons. The lowest BCUT2D eigenvalue weighted by atomic mass is 10.1. The summed E-state index contributed by atoms with van der Waals surface area (Å²) in [6.45, 7) is 3.81. The normalized spacial score (nSPS) is 13.1. The Morgan fingerprint density at radius 2 is 1.63 bits per heavy atom. The molecule has 5 aromatic rings. The van der Waals surface area contributed by atoms with E-state index < -0.39 is 11.8 Å². The first-order chi connectivity index (χ1) is 20.8. The minimum atomic E-state index is -0.646. The molecule has 1 aliphatic rings. The van der Waals surface area contributed by atoms with Crippen molar-refractivity contribution in [1.82, 2.24) is 24.7 Å². The zero-order valence-electron chi connectivity index (χ0n) is 23.5. The zero-order chi connectivity index (χ0) is 29.9. The number of hydrogen-bond donors (Lipinski definition) is 3. The third kappa shape index (κ3) is 6.26. The third-order valence-corrected chi connectivity index (χ3v) is 6.80. The molecule has 3 amide bonds. The van der Waals surface area contributed by atoms with Crippen molar-refractivity contribution < 1.29 is 18.7 Å². The summed E-state index contributed by atoms with van der Waals surface area (Å²) in [6.07, 6.45) is 5.42. The van der Waals surface area contributed by atoms with Gasteiger partial charge in [0.25, 0.3) is 0 Å². The summed E-state index contributed by atoms with van der Waals surface area (Å²) >= 11 is 0. The summed E-state index contributed by atoms with van der Waals surface area (Å²) in [4.78, 5) is 40.1. The van der Waals surface area contributed by atoms with Crippen LogP contribution in [0.5, 0.6) is 0 Å². The van der Waals surface area contributed by atoms with Crippen LogP contribution in [-0.4, -0.2) is 63.0 Å². The van der Waals surface area contributed by atoms with Crippen molar-refractivity contribution in [2.24, 2.45) is 7.05 Å². The number of anilines is 4. The Morgan fingerprint density at radius 3 is 2.30 bits per heavy atom. The fraction of sp³-hybridized carbons (Fsp3) is 0.200. The number of aromatic nitrogens is 5. The monoisotopic (exact) mass is 581 g/mol. The highest BCUT2D eigenvalue weighted by Crippen LogP contribution is 2.31. The summed E-state index contributed by atoms with van der Waals surface area (Å²) < 4.78 is 22.5. The first kappa shape index (κ1) is 27.7. The van der Waals surface area contributed by atoms with Crippen LogP contribution in [0.1, 0.15) is 6.92 Å². The number of urea groups is 1. The minimum Gasteiger partial charge on any atom is -0.378 e. The SMILES string of the molecule is CC(=O)Nc1ccc(NC(=O)Nc2ccc(-c3nc(N4CCOCC4)c4ncc(-c5cnn(C)c5)cc4n3)cc2F)cc1. The molecule has 6 rings (SSSR count). The van der Waals surface area contributed by atoms with Crippen LogP contribution in [0.2, 0.25) is 0 Å². The van der Waals surface area contributed by atoms with Crippen LogP contribution < -0.4 is 20.9 Å². The second kappa shape index (κ2) is 11.8. The van der Waals surface area contributed by atoms with E-state index in [1.54, 1.807) is 47.4 Å². The summed E-state index contributed by atoms with van der Waals surface area (Å²) in [5.41, 5.74) is 4.50. The van der Waals surface area contributed by atoms with Crippen LogP contribution in [0.4, 0.5) is 32.1 Å². The molecule has 43 heavy (non-hydrogen) atoms. The molecule has 1 aliphatic heterocycles. The van der Waals surface area contributed by atoms with Gasteiger partial charge in [-0.1, -0.05) is 0 Å². The van der Waals surface area contributed by atoms with E-state index in [2.05, 4.69) is 25.9 Å². The van der Waals surface area contributed by atoms with Crippen molar-refractivity contribution >= 4 is 45.9 Å². The summed E-state index contributed by atoms with van der Waals surface area (Å²) in [5.74, 6) is 0.128.